The van der Waals surface area contributed by atoms with E-state index in [9.17, 15) is 4.79 Å². The zero-order valence-corrected chi connectivity index (χ0v) is 17.5. The highest BCUT2D eigenvalue weighted by Gasteiger charge is 2.25. The van der Waals surface area contributed by atoms with Gasteiger partial charge in [-0.2, -0.15) is 0 Å². The minimum absolute atomic E-state index is 0.144. The van der Waals surface area contributed by atoms with E-state index in [0.29, 0.717) is 6.54 Å². The first-order valence-electron chi connectivity index (χ1n) is 10.7. The van der Waals surface area contributed by atoms with E-state index in [1.54, 1.807) is 6.26 Å². The Kier molecular flexibility index (Phi) is 6.63. The molecule has 0 unspecified atom stereocenters. The van der Waals surface area contributed by atoms with Gasteiger partial charge in [-0.15, -0.1) is 0 Å². The highest BCUT2D eigenvalue weighted by molar-refractivity contribution is 5.93. The Hall–Kier alpha value is -2.87. The van der Waals surface area contributed by atoms with Gasteiger partial charge >= 0.3 is 0 Å². The first kappa shape index (κ1) is 20.4. The summed E-state index contributed by atoms with van der Waals surface area (Å²) in [4.78, 5) is 21.3. The highest BCUT2D eigenvalue weighted by atomic mass is 16.5. The molecule has 160 valence electrons. The number of carbonyl (C=O) groups excluding carboxylic acids is 1. The molecule has 4 rings (SSSR count). The molecule has 0 atom stereocenters. The lowest BCUT2D eigenvalue weighted by Gasteiger charge is -2.36. The third kappa shape index (κ3) is 5.18. The second kappa shape index (κ2) is 9.75. The van der Waals surface area contributed by atoms with E-state index >= 15 is 0 Å². The third-order valence-electron chi connectivity index (χ3n) is 5.88. The Labute approximate surface area is 177 Å². The van der Waals surface area contributed by atoms with Gasteiger partial charge in [-0.05, 0) is 30.5 Å². The van der Waals surface area contributed by atoms with Gasteiger partial charge in [0, 0.05) is 64.0 Å². The molecule has 8 nitrogen and oxygen atoms in total. The summed E-state index contributed by atoms with van der Waals surface area (Å²) >= 11 is 0. The Bertz CT molecular complexity index is 854. The van der Waals surface area contributed by atoms with E-state index in [-0.39, 0.29) is 11.8 Å². The number of amides is 1. The zero-order valence-electron chi connectivity index (χ0n) is 17.5. The van der Waals surface area contributed by atoms with Crippen molar-refractivity contribution in [3.8, 4) is 0 Å². The van der Waals surface area contributed by atoms with Crippen LogP contribution in [0.1, 0.15) is 30.5 Å². The predicted octanol–water partition coefficient (Wildman–Crippen LogP) is 2.31. The quantitative estimate of drug-likeness (QED) is 0.561. The molecule has 2 fully saturated rings. The molecule has 1 aliphatic heterocycles. The van der Waals surface area contributed by atoms with Gasteiger partial charge in [-0.1, -0.05) is 23.7 Å². The van der Waals surface area contributed by atoms with Crippen molar-refractivity contribution >= 4 is 17.6 Å². The average Bonchev–Trinajstić information content (AvgIpc) is 3.21. The lowest BCUT2D eigenvalue weighted by Crippen LogP contribution is -2.52. The second-order valence-corrected chi connectivity index (χ2v) is 7.97. The molecule has 2 N–H and O–H groups in total. The number of hydrogen-bond acceptors (Lipinski definition) is 5. The van der Waals surface area contributed by atoms with E-state index in [1.165, 1.54) is 0 Å². The van der Waals surface area contributed by atoms with Gasteiger partial charge in [0.05, 0.1) is 5.69 Å². The van der Waals surface area contributed by atoms with Crippen molar-refractivity contribution in [1.82, 2.24) is 20.3 Å². The highest BCUT2D eigenvalue weighted by Crippen LogP contribution is 2.27. The van der Waals surface area contributed by atoms with Gasteiger partial charge < -0.3 is 20.1 Å². The summed E-state index contributed by atoms with van der Waals surface area (Å²) in [6.07, 6.45) is 4.80. The van der Waals surface area contributed by atoms with Crippen molar-refractivity contribution < 1.29 is 9.32 Å². The summed E-state index contributed by atoms with van der Waals surface area (Å²) < 4.78 is 4.92. The fraction of sp³-hybridized carbons (Fsp3) is 0.500. The number of nitrogens with zero attached hydrogens (tertiary/aromatic N) is 4. The molecule has 1 saturated heterocycles. The van der Waals surface area contributed by atoms with Gasteiger partial charge in [-0.3, -0.25) is 14.7 Å². The Morgan fingerprint density at radius 2 is 2.07 bits per heavy atom. The van der Waals surface area contributed by atoms with Crippen molar-refractivity contribution in [2.75, 3.05) is 38.5 Å². The largest absolute Gasteiger partial charge is 0.364 e. The van der Waals surface area contributed by atoms with Crippen LogP contribution in [-0.4, -0.2) is 60.0 Å². The fourth-order valence-corrected chi connectivity index (χ4v) is 3.85. The Morgan fingerprint density at radius 1 is 1.23 bits per heavy atom. The first-order valence-corrected chi connectivity index (χ1v) is 10.7. The summed E-state index contributed by atoms with van der Waals surface area (Å²) in [5, 5.41) is 10.5. The van der Waals surface area contributed by atoms with Crippen LogP contribution in [0.2, 0.25) is 0 Å². The van der Waals surface area contributed by atoms with Crippen molar-refractivity contribution in [3.63, 3.8) is 0 Å². The van der Waals surface area contributed by atoms with Crippen LogP contribution >= 0.6 is 0 Å². The molecule has 1 aliphatic carbocycles. The van der Waals surface area contributed by atoms with Crippen molar-refractivity contribution in [1.29, 1.82) is 0 Å². The van der Waals surface area contributed by atoms with Gasteiger partial charge in [-0.25, -0.2) is 0 Å². The monoisotopic (exact) mass is 410 g/mol. The molecular weight excluding hydrogens is 380 g/mol. The van der Waals surface area contributed by atoms with Crippen molar-refractivity contribution in [2.45, 2.75) is 32.4 Å². The maximum Gasteiger partial charge on any atom is 0.227 e. The number of hydrogen-bond donors (Lipinski definition) is 2. The molecule has 1 saturated carbocycles. The van der Waals surface area contributed by atoms with E-state index in [2.05, 4.69) is 36.6 Å². The summed E-state index contributed by atoms with van der Waals surface area (Å²) in [7, 11) is 1.82. The van der Waals surface area contributed by atoms with Crippen molar-refractivity contribution in [3.05, 3.63) is 47.9 Å². The van der Waals surface area contributed by atoms with Crippen LogP contribution in [0, 0.1) is 5.92 Å². The maximum absolute atomic E-state index is 12.2. The molecule has 30 heavy (non-hydrogen) atoms. The van der Waals surface area contributed by atoms with Gasteiger partial charge in [0.2, 0.25) is 5.91 Å². The van der Waals surface area contributed by atoms with Crippen LogP contribution in [0.4, 0.5) is 5.69 Å². The van der Waals surface area contributed by atoms with E-state index < -0.39 is 0 Å². The number of anilines is 1. The molecule has 1 amide bonds. The SMILES string of the molecule is CN=C(NCc1cccc(NC(=O)C2CCC2)c1)N1CCN(Cc2ccon2)CC1. The molecular formula is C22H30N6O2. The third-order valence-corrected chi connectivity index (χ3v) is 5.88. The number of aliphatic imine (C=N–C) groups is 1. The lowest BCUT2D eigenvalue weighted by molar-refractivity contribution is -0.122. The Balaban J connectivity index is 1.25. The second-order valence-electron chi connectivity index (χ2n) is 7.97. The van der Waals surface area contributed by atoms with Crippen LogP contribution in [0.25, 0.3) is 0 Å². The standard InChI is InChI=1S/C22H30N6O2/c1-23-22(28-11-9-27(10-12-28)16-20-8-13-30-26-20)24-15-17-4-2-7-19(14-17)25-21(29)18-5-3-6-18/h2,4,7-8,13-14,18H,3,5-6,9-12,15-16H2,1H3,(H,23,24)(H,25,29). The minimum atomic E-state index is 0.144. The molecule has 2 heterocycles. The van der Waals surface area contributed by atoms with Crippen LogP contribution < -0.4 is 10.6 Å². The van der Waals surface area contributed by atoms with E-state index in [1.807, 2.05) is 31.3 Å². The molecule has 0 radical (unpaired) electrons. The molecule has 1 aromatic heterocycles. The molecule has 0 bridgehead atoms. The number of aromatic nitrogens is 1. The topological polar surface area (TPSA) is 86.0 Å². The van der Waals surface area contributed by atoms with Gasteiger partial charge in [0.1, 0.15) is 6.26 Å². The van der Waals surface area contributed by atoms with Crippen LogP contribution in [0.15, 0.2) is 46.1 Å². The normalized spacial score (nSPS) is 18.2. The zero-order chi connectivity index (χ0) is 20.8. The number of guanidine groups is 1. The molecule has 0 spiro atoms. The van der Waals surface area contributed by atoms with Crippen LogP contribution in [0.3, 0.4) is 0 Å². The molecule has 1 aromatic carbocycles. The molecule has 2 aromatic rings. The number of rotatable bonds is 6. The number of piperazine rings is 1. The van der Waals surface area contributed by atoms with E-state index in [4.69, 9.17) is 4.52 Å². The van der Waals surface area contributed by atoms with Crippen molar-refractivity contribution in [2.24, 2.45) is 10.9 Å². The van der Waals surface area contributed by atoms with Gasteiger partial charge in [0.25, 0.3) is 0 Å². The smallest absolute Gasteiger partial charge is 0.227 e. The Morgan fingerprint density at radius 3 is 2.73 bits per heavy atom. The number of carbonyl (C=O) groups is 1. The maximum atomic E-state index is 12.2. The van der Waals surface area contributed by atoms with Crippen LogP contribution in [0.5, 0.6) is 0 Å². The summed E-state index contributed by atoms with van der Waals surface area (Å²) in [5.41, 5.74) is 2.95. The average molecular weight is 411 g/mol. The fourth-order valence-electron chi connectivity index (χ4n) is 3.85. The summed E-state index contributed by atoms with van der Waals surface area (Å²) in [6.45, 7) is 5.21. The summed E-state index contributed by atoms with van der Waals surface area (Å²) in [5.74, 6) is 1.24. The molecule has 2 aliphatic rings. The molecule has 8 heteroatoms. The lowest BCUT2D eigenvalue weighted by atomic mass is 9.85. The predicted molar refractivity (Wildman–Crippen MR) is 116 cm³/mol. The minimum Gasteiger partial charge on any atom is -0.364 e. The summed E-state index contributed by atoms with van der Waals surface area (Å²) in [6, 6.07) is 9.94. The number of benzene rings is 1. The first-order chi connectivity index (χ1) is 14.7. The van der Waals surface area contributed by atoms with Gasteiger partial charge in [0.15, 0.2) is 5.96 Å². The number of nitrogens with one attached hydrogen (secondary N) is 2. The van der Waals surface area contributed by atoms with Crippen LogP contribution in [-0.2, 0) is 17.9 Å². The van der Waals surface area contributed by atoms with E-state index in [0.717, 1.165) is 74.9 Å².